The van der Waals surface area contributed by atoms with Gasteiger partial charge in [-0.1, -0.05) is 18.7 Å². The van der Waals surface area contributed by atoms with Crippen molar-refractivity contribution in [1.29, 1.82) is 5.26 Å². The van der Waals surface area contributed by atoms with Crippen molar-refractivity contribution in [2.24, 2.45) is 0 Å². The molecule has 5 nitrogen and oxygen atoms in total. The number of nitriles is 1. The van der Waals surface area contributed by atoms with Gasteiger partial charge in [-0.25, -0.2) is 9.97 Å². The molecule has 108 valence electrons. The van der Waals surface area contributed by atoms with E-state index in [-0.39, 0.29) is 0 Å². The Morgan fingerprint density at radius 3 is 3.00 bits per heavy atom. The largest absolute Gasteiger partial charge is 0.352 e. The molecule has 0 unspecified atom stereocenters. The van der Waals surface area contributed by atoms with Gasteiger partial charge in [-0.3, -0.25) is 0 Å². The number of hydrogen-bond donors (Lipinski definition) is 2. The minimum Gasteiger partial charge on any atom is -0.352 e. The van der Waals surface area contributed by atoms with Crippen molar-refractivity contribution in [1.82, 2.24) is 15.3 Å². The van der Waals surface area contributed by atoms with Crippen LogP contribution in [-0.2, 0) is 0 Å². The van der Waals surface area contributed by atoms with Crippen LogP contribution in [0.2, 0.25) is 0 Å². The number of rotatable bonds is 4. The Bertz CT molecular complexity index is 667. The molecule has 1 aromatic heterocycles. The molecule has 21 heavy (non-hydrogen) atoms. The average Bonchev–Trinajstić information content (AvgIpc) is 3.18. The summed E-state index contributed by atoms with van der Waals surface area (Å²) < 4.78 is 0. The van der Waals surface area contributed by atoms with E-state index >= 15 is 0 Å². The van der Waals surface area contributed by atoms with Crippen LogP contribution in [-0.4, -0.2) is 16.0 Å². The summed E-state index contributed by atoms with van der Waals surface area (Å²) in [4.78, 5) is 8.84. The van der Waals surface area contributed by atoms with Crippen LogP contribution in [0, 0.1) is 18.3 Å². The first-order valence-corrected chi connectivity index (χ1v) is 7.97. The molecule has 0 amide bonds. The second-order valence-electron chi connectivity index (χ2n) is 5.20. The van der Waals surface area contributed by atoms with Crippen LogP contribution < -0.4 is 10.6 Å². The third-order valence-electron chi connectivity index (χ3n) is 3.43. The van der Waals surface area contributed by atoms with Gasteiger partial charge in [0.25, 0.3) is 0 Å². The average molecular weight is 299 g/mol. The molecule has 3 rings (SSSR count). The molecule has 2 aliphatic rings. The predicted molar refractivity (Wildman–Crippen MR) is 85.0 cm³/mol. The number of thioether (sulfide) groups is 1. The summed E-state index contributed by atoms with van der Waals surface area (Å²) in [6.45, 7) is 4.02. The smallest absolute Gasteiger partial charge is 0.223 e. The van der Waals surface area contributed by atoms with E-state index in [0.29, 0.717) is 23.3 Å². The van der Waals surface area contributed by atoms with Crippen molar-refractivity contribution in [2.75, 3.05) is 5.32 Å². The number of aryl methyl sites for hydroxylation is 1. The van der Waals surface area contributed by atoms with Crippen LogP contribution >= 0.6 is 11.8 Å². The third-order valence-corrected chi connectivity index (χ3v) is 4.38. The highest BCUT2D eigenvalue weighted by atomic mass is 32.2. The Morgan fingerprint density at radius 1 is 1.57 bits per heavy atom. The van der Waals surface area contributed by atoms with Crippen LogP contribution in [0.25, 0.3) is 5.57 Å². The summed E-state index contributed by atoms with van der Waals surface area (Å²) >= 11 is 1.55. The zero-order valence-corrected chi connectivity index (χ0v) is 12.9. The summed E-state index contributed by atoms with van der Waals surface area (Å²) in [7, 11) is 0. The molecule has 1 aliphatic carbocycles. The minimum atomic E-state index is 0.492. The van der Waals surface area contributed by atoms with Crippen LogP contribution in [0.1, 0.15) is 37.4 Å². The van der Waals surface area contributed by atoms with E-state index in [1.165, 1.54) is 12.8 Å². The van der Waals surface area contributed by atoms with E-state index in [0.717, 1.165) is 22.7 Å². The lowest BCUT2D eigenvalue weighted by molar-refractivity contribution is 0.949. The van der Waals surface area contributed by atoms with Crippen molar-refractivity contribution in [2.45, 2.75) is 39.2 Å². The molecule has 0 spiro atoms. The SMILES string of the molecule is CCC1=CS/C(=C(/C#N)c2nc(NC3CC3)ncc2C)N1. The van der Waals surface area contributed by atoms with E-state index < -0.39 is 0 Å². The molecule has 6 heteroatoms. The second-order valence-corrected chi connectivity index (χ2v) is 6.08. The third kappa shape index (κ3) is 3.03. The van der Waals surface area contributed by atoms with Gasteiger partial charge in [0, 0.05) is 17.9 Å². The Labute approximate surface area is 128 Å². The highest BCUT2D eigenvalue weighted by Crippen LogP contribution is 2.33. The van der Waals surface area contributed by atoms with Gasteiger partial charge in [-0.2, -0.15) is 5.26 Å². The molecular formula is C15H17N5S. The number of allylic oxidation sites excluding steroid dienone is 2. The first-order valence-electron chi connectivity index (χ1n) is 7.09. The van der Waals surface area contributed by atoms with Gasteiger partial charge >= 0.3 is 0 Å². The molecule has 1 aromatic rings. The highest BCUT2D eigenvalue weighted by molar-refractivity contribution is 8.06. The van der Waals surface area contributed by atoms with Crippen LogP contribution in [0.4, 0.5) is 5.95 Å². The van der Waals surface area contributed by atoms with Gasteiger partial charge in [0.2, 0.25) is 5.95 Å². The van der Waals surface area contributed by atoms with Gasteiger partial charge in [-0.15, -0.1) is 0 Å². The Hall–Kier alpha value is -2.00. The maximum Gasteiger partial charge on any atom is 0.223 e. The molecule has 0 aromatic carbocycles. The van der Waals surface area contributed by atoms with E-state index in [2.05, 4.69) is 33.6 Å². The first kappa shape index (κ1) is 14.0. The lowest BCUT2D eigenvalue weighted by Crippen LogP contribution is -2.10. The van der Waals surface area contributed by atoms with Gasteiger partial charge in [-0.05, 0) is 37.2 Å². The fraction of sp³-hybridized carbons (Fsp3) is 0.400. The van der Waals surface area contributed by atoms with Crippen molar-refractivity contribution < 1.29 is 0 Å². The number of anilines is 1. The van der Waals surface area contributed by atoms with Crippen LogP contribution in [0.15, 0.2) is 22.3 Å². The maximum atomic E-state index is 9.54. The predicted octanol–water partition coefficient (Wildman–Crippen LogP) is 3.14. The standard InChI is InChI=1S/C15H17N5S/c1-3-10-8-21-14(18-10)12(6-16)13-9(2)7-17-15(20-13)19-11-4-5-11/h7-8,11,18H,3-5H2,1-2H3,(H,17,19,20)/b14-12-. The number of nitrogens with zero attached hydrogens (tertiary/aromatic N) is 3. The van der Waals surface area contributed by atoms with Gasteiger partial charge < -0.3 is 10.6 Å². The monoisotopic (exact) mass is 299 g/mol. The molecule has 1 saturated carbocycles. The molecule has 0 atom stereocenters. The number of hydrogen-bond acceptors (Lipinski definition) is 6. The van der Waals surface area contributed by atoms with Gasteiger partial charge in [0.05, 0.1) is 10.7 Å². The van der Waals surface area contributed by atoms with Crippen molar-refractivity contribution in [3.63, 3.8) is 0 Å². The zero-order valence-electron chi connectivity index (χ0n) is 12.1. The molecule has 2 N–H and O–H groups in total. The molecule has 1 aliphatic heterocycles. The lowest BCUT2D eigenvalue weighted by atomic mass is 10.1. The molecule has 0 saturated heterocycles. The fourth-order valence-electron chi connectivity index (χ4n) is 2.01. The number of aromatic nitrogens is 2. The molecular weight excluding hydrogens is 282 g/mol. The zero-order chi connectivity index (χ0) is 14.8. The molecule has 0 radical (unpaired) electrons. The number of nitrogens with one attached hydrogen (secondary N) is 2. The fourth-order valence-corrected chi connectivity index (χ4v) is 2.95. The van der Waals surface area contributed by atoms with Crippen molar-refractivity contribution in [3.8, 4) is 6.07 Å². The topological polar surface area (TPSA) is 73.6 Å². The van der Waals surface area contributed by atoms with E-state index in [1.54, 1.807) is 18.0 Å². The Balaban J connectivity index is 1.93. The quantitative estimate of drug-likeness (QED) is 0.832. The second kappa shape index (κ2) is 5.78. The van der Waals surface area contributed by atoms with E-state index in [4.69, 9.17) is 0 Å². The van der Waals surface area contributed by atoms with E-state index in [9.17, 15) is 5.26 Å². The summed E-state index contributed by atoms with van der Waals surface area (Å²) in [5.41, 5.74) is 3.33. The summed E-state index contributed by atoms with van der Waals surface area (Å²) in [5, 5.41) is 19.0. The van der Waals surface area contributed by atoms with Gasteiger partial charge in [0.15, 0.2) is 0 Å². The highest BCUT2D eigenvalue weighted by Gasteiger charge is 2.23. The maximum absolute atomic E-state index is 9.54. The summed E-state index contributed by atoms with van der Waals surface area (Å²) in [5.74, 6) is 0.609. The minimum absolute atomic E-state index is 0.492. The normalized spacial score (nSPS) is 19.6. The summed E-state index contributed by atoms with van der Waals surface area (Å²) in [6, 6.07) is 2.78. The molecule has 1 fully saturated rings. The molecule has 0 bridgehead atoms. The van der Waals surface area contributed by atoms with Crippen LogP contribution in [0.5, 0.6) is 0 Å². The van der Waals surface area contributed by atoms with Gasteiger partial charge in [0.1, 0.15) is 11.6 Å². The van der Waals surface area contributed by atoms with Crippen LogP contribution in [0.3, 0.4) is 0 Å². The Kier molecular flexibility index (Phi) is 3.84. The molecule has 2 heterocycles. The summed E-state index contributed by atoms with van der Waals surface area (Å²) in [6.07, 6.45) is 5.03. The lowest BCUT2D eigenvalue weighted by Gasteiger charge is -2.10. The Morgan fingerprint density at radius 2 is 2.38 bits per heavy atom. The van der Waals surface area contributed by atoms with E-state index in [1.807, 2.05) is 12.3 Å². The van der Waals surface area contributed by atoms with Crippen molar-refractivity contribution >= 4 is 23.3 Å². The van der Waals surface area contributed by atoms with Crippen molar-refractivity contribution in [3.05, 3.63) is 33.6 Å². The first-order chi connectivity index (χ1) is 10.2.